The fourth-order valence-corrected chi connectivity index (χ4v) is 1.56. The van der Waals surface area contributed by atoms with Gasteiger partial charge in [0.2, 0.25) is 0 Å². The highest BCUT2D eigenvalue weighted by molar-refractivity contribution is 5.34. The molecule has 0 aliphatic carbocycles. The summed E-state index contributed by atoms with van der Waals surface area (Å²) in [7, 11) is 0. The second-order valence-electron chi connectivity index (χ2n) is 3.89. The molecule has 1 rings (SSSR count). The van der Waals surface area contributed by atoms with E-state index in [0.29, 0.717) is 12.1 Å². The van der Waals surface area contributed by atoms with Gasteiger partial charge in [-0.15, -0.1) is 0 Å². The van der Waals surface area contributed by atoms with Gasteiger partial charge in [-0.2, -0.15) is 26.3 Å². The third-order valence-corrected chi connectivity index (χ3v) is 2.41. The lowest BCUT2D eigenvalue weighted by atomic mass is 9.91. The SMILES string of the molecule is Cc1[c]c(CO)cc(C(F)(C(F)(F)F)C(F)(F)F)c1. The lowest BCUT2D eigenvalue weighted by molar-refractivity contribution is -0.348. The van der Waals surface area contributed by atoms with Gasteiger partial charge in [0.25, 0.3) is 0 Å². The maximum Gasteiger partial charge on any atom is 0.435 e. The summed E-state index contributed by atoms with van der Waals surface area (Å²) >= 11 is 0. The summed E-state index contributed by atoms with van der Waals surface area (Å²) in [5, 5.41) is 8.74. The maximum atomic E-state index is 13.7. The van der Waals surface area contributed by atoms with Gasteiger partial charge in [0.05, 0.1) is 6.61 Å². The van der Waals surface area contributed by atoms with E-state index in [-0.39, 0.29) is 11.1 Å². The van der Waals surface area contributed by atoms with Gasteiger partial charge in [-0.25, -0.2) is 4.39 Å². The van der Waals surface area contributed by atoms with Gasteiger partial charge in [0, 0.05) is 5.56 Å². The fourth-order valence-electron chi connectivity index (χ4n) is 1.56. The van der Waals surface area contributed by atoms with Gasteiger partial charge >= 0.3 is 18.0 Å². The van der Waals surface area contributed by atoms with Crippen LogP contribution in [-0.2, 0) is 12.3 Å². The third-order valence-electron chi connectivity index (χ3n) is 2.41. The predicted octanol–water partition coefficient (Wildman–Crippen LogP) is 3.58. The van der Waals surface area contributed by atoms with Crippen molar-refractivity contribution in [1.29, 1.82) is 0 Å². The number of aliphatic hydroxyl groups is 1. The molecule has 0 amide bonds. The molecule has 0 aliphatic heterocycles. The Hall–Kier alpha value is -1.31. The number of benzene rings is 1. The zero-order valence-electron chi connectivity index (χ0n) is 9.45. The predicted molar refractivity (Wildman–Crippen MR) is 50.8 cm³/mol. The average Bonchev–Trinajstić information content (AvgIpc) is 2.23. The number of aliphatic hydroxyl groups excluding tert-OH is 1. The number of alkyl halides is 7. The summed E-state index contributed by atoms with van der Waals surface area (Å²) in [6.07, 6.45) is -12.3. The van der Waals surface area contributed by atoms with Crippen molar-refractivity contribution in [2.75, 3.05) is 0 Å². The number of halogens is 7. The molecule has 0 aliphatic rings. The normalized spacial score (nSPS) is 13.7. The number of rotatable bonds is 2. The van der Waals surface area contributed by atoms with E-state index in [2.05, 4.69) is 6.07 Å². The van der Waals surface area contributed by atoms with Crippen LogP contribution in [0.1, 0.15) is 16.7 Å². The van der Waals surface area contributed by atoms with Crippen LogP contribution in [0.3, 0.4) is 0 Å². The van der Waals surface area contributed by atoms with Gasteiger partial charge in [-0.1, -0.05) is 6.07 Å². The standard InChI is InChI=1S/C11H8F7O/c1-6-2-7(5-19)4-8(3-6)9(12,10(13,14)15)11(16,17)18/h3-4,19H,5H2,1H3. The summed E-state index contributed by atoms with van der Waals surface area (Å²) in [5.74, 6) is 0. The van der Waals surface area contributed by atoms with Gasteiger partial charge in [0.15, 0.2) is 0 Å². The third kappa shape index (κ3) is 2.68. The molecule has 1 N–H and O–H groups in total. The highest BCUT2D eigenvalue weighted by Crippen LogP contribution is 2.53. The van der Waals surface area contributed by atoms with Crippen LogP contribution in [0.5, 0.6) is 0 Å². The quantitative estimate of drug-likeness (QED) is 0.825. The molecule has 0 saturated heterocycles. The molecule has 0 aromatic heterocycles. The first kappa shape index (κ1) is 15.7. The lowest BCUT2D eigenvalue weighted by Crippen LogP contribution is -2.50. The summed E-state index contributed by atoms with van der Waals surface area (Å²) in [6, 6.07) is 3.02. The zero-order chi connectivity index (χ0) is 15.1. The minimum atomic E-state index is -6.16. The molecule has 0 bridgehead atoms. The van der Waals surface area contributed by atoms with Crippen LogP contribution in [0.2, 0.25) is 0 Å². The lowest BCUT2D eigenvalue weighted by Gasteiger charge is -2.30. The highest BCUT2D eigenvalue weighted by Gasteiger charge is 2.73. The molecule has 1 aromatic carbocycles. The molecule has 0 atom stereocenters. The topological polar surface area (TPSA) is 20.2 Å². The molecule has 0 saturated carbocycles. The first-order valence-corrected chi connectivity index (χ1v) is 4.90. The Labute approximate surface area is 103 Å². The minimum Gasteiger partial charge on any atom is -0.392 e. The monoisotopic (exact) mass is 289 g/mol. The van der Waals surface area contributed by atoms with Crippen molar-refractivity contribution >= 4 is 0 Å². The Bertz CT molecular complexity index is 447. The molecule has 1 nitrogen and oxygen atoms in total. The molecule has 8 heteroatoms. The number of hydrogen-bond acceptors (Lipinski definition) is 1. The average molecular weight is 289 g/mol. The van der Waals surface area contributed by atoms with Gasteiger partial charge in [0.1, 0.15) is 0 Å². The Morgan fingerprint density at radius 3 is 1.84 bits per heavy atom. The van der Waals surface area contributed by atoms with Crippen LogP contribution < -0.4 is 0 Å². The molecular weight excluding hydrogens is 281 g/mol. The molecule has 107 valence electrons. The molecule has 19 heavy (non-hydrogen) atoms. The first-order chi connectivity index (χ1) is 8.43. The van der Waals surface area contributed by atoms with Crippen LogP contribution in [0.4, 0.5) is 30.7 Å². The van der Waals surface area contributed by atoms with Gasteiger partial charge < -0.3 is 5.11 Å². The number of hydrogen-bond donors (Lipinski definition) is 1. The largest absolute Gasteiger partial charge is 0.435 e. The second-order valence-corrected chi connectivity index (χ2v) is 3.89. The minimum absolute atomic E-state index is 0.142. The van der Waals surface area contributed by atoms with E-state index in [4.69, 9.17) is 5.11 Å². The Morgan fingerprint density at radius 2 is 1.47 bits per heavy atom. The Morgan fingerprint density at radius 1 is 1.00 bits per heavy atom. The van der Waals surface area contributed by atoms with Crippen LogP contribution in [0, 0.1) is 13.0 Å². The van der Waals surface area contributed by atoms with E-state index >= 15 is 0 Å². The van der Waals surface area contributed by atoms with Crippen LogP contribution in [-0.4, -0.2) is 17.5 Å². The molecule has 1 radical (unpaired) electrons. The van der Waals surface area contributed by atoms with Crippen LogP contribution in [0.15, 0.2) is 12.1 Å². The Kier molecular flexibility index (Phi) is 3.86. The molecule has 0 spiro atoms. The summed E-state index contributed by atoms with van der Waals surface area (Å²) in [6.45, 7) is 0.302. The van der Waals surface area contributed by atoms with E-state index in [1.807, 2.05) is 0 Å². The summed E-state index contributed by atoms with van der Waals surface area (Å²) in [4.78, 5) is 0. The van der Waals surface area contributed by atoms with Gasteiger partial charge in [-0.05, 0) is 30.2 Å². The molecule has 1 aromatic rings. The first-order valence-electron chi connectivity index (χ1n) is 4.90. The van der Waals surface area contributed by atoms with Gasteiger partial charge in [-0.3, -0.25) is 0 Å². The Balaban J connectivity index is 3.56. The smallest absolute Gasteiger partial charge is 0.392 e. The van der Waals surface area contributed by atoms with Crippen LogP contribution in [0.25, 0.3) is 0 Å². The van der Waals surface area contributed by atoms with Crippen molar-refractivity contribution in [1.82, 2.24) is 0 Å². The van der Waals surface area contributed by atoms with E-state index in [1.54, 1.807) is 0 Å². The molecule has 0 fully saturated rings. The molecule has 0 unspecified atom stereocenters. The van der Waals surface area contributed by atoms with Crippen molar-refractivity contribution in [3.05, 3.63) is 34.9 Å². The summed E-state index contributed by atoms with van der Waals surface area (Å²) < 4.78 is 88.6. The zero-order valence-corrected chi connectivity index (χ0v) is 9.45. The summed E-state index contributed by atoms with van der Waals surface area (Å²) in [5.41, 5.74) is -7.60. The van der Waals surface area contributed by atoms with Crippen molar-refractivity contribution in [2.24, 2.45) is 0 Å². The van der Waals surface area contributed by atoms with Crippen molar-refractivity contribution in [3.8, 4) is 0 Å². The van der Waals surface area contributed by atoms with Crippen molar-refractivity contribution < 1.29 is 35.8 Å². The van der Waals surface area contributed by atoms with Crippen molar-refractivity contribution in [2.45, 2.75) is 31.6 Å². The van der Waals surface area contributed by atoms with E-state index in [1.165, 1.54) is 0 Å². The molecular formula is C11H8F7O. The fraction of sp³-hybridized carbons (Fsp3) is 0.455. The maximum absolute atomic E-state index is 13.7. The molecule has 0 heterocycles. The number of aryl methyl sites for hydroxylation is 1. The van der Waals surface area contributed by atoms with Crippen LogP contribution >= 0.6 is 0 Å². The van der Waals surface area contributed by atoms with E-state index in [0.717, 1.165) is 6.92 Å². The van der Waals surface area contributed by atoms with E-state index < -0.39 is 30.2 Å². The second kappa shape index (κ2) is 4.66. The van der Waals surface area contributed by atoms with Crippen molar-refractivity contribution in [3.63, 3.8) is 0 Å². The highest BCUT2D eigenvalue weighted by atomic mass is 19.4. The van der Waals surface area contributed by atoms with E-state index in [9.17, 15) is 30.7 Å².